The van der Waals surface area contributed by atoms with Gasteiger partial charge in [0.05, 0.1) is 12.3 Å². The van der Waals surface area contributed by atoms with Crippen LogP contribution < -0.4 is 4.72 Å². The molecule has 0 fully saturated rings. The van der Waals surface area contributed by atoms with E-state index < -0.39 is 10.0 Å². The lowest BCUT2D eigenvalue weighted by atomic mass is 10.0. The van der Waals surface area contributed by atoms with Crippen molar-refractivity contribution in [1.82, 2.24) is 19.5 Å². The van der Waals surface area contributed by atoms with Crippen molar-refractivity contribution in [1.29, 1.82) is 0 Å². The van der Waals surface area contributed by atoms with Gasteiger partial charge in [0.2, 0.25) is 10.0 Å². The smallest absolute Gasteiger partial charge is 0.212 e. The molecule has 7 heteroatoms. The van der Waals surface area contributed by atoms with E-state index in [1.165, 1.54) is 6.33 Å². The molecule has 6 nitrogen and oxygen atoms in total. The number of nitrogens with one attached hydrogen (secondary N) is 1. The number of benzene rings is 1. The van der Waals surface area contributed by atoms with Crippen LogP contribution in [0.15, 0.2) is 43.0 Å². The molecule has 2 aromatic rings. The minimum Gasteiger partial charge on any atom is -0.251 e. The lowest BCUT2D eigenvalue weighted by Crippen LogP contribution is -2.38. The van der Waals surface area contributed by atoms with Gasteiger partial charge in [0, 0.05) is 6.04 Å². The van der Waals surface area contributed by atoms with Crippen LogP contribution in [-0.4, -0.2) is 35.0 Å². The maximum atomic E-state index is 12.2. The molecular weight excluding hydrogens is 288 g/mol. The zero-order chi connectivity index (χ0) is 15.3. The van der Waals surface area contributed by atoms with Gasteiger partial charge in [-0.2, -0.15) is 5.10 Å². The Balaban J connectivity index is 1.92. The van der Waals surface area contributed by atoms with Crippen molar-refractivity contribution in [2.24, 2.45) is 0 Å². The quantitative estimate of drug-likeness (QED) is 0.838. The number of nitrogens with zero attached hydrogens (tertiary/aromatic N) is 3. The SMILES string of the molecule is C[C@H](Cn1cncn1)NS(=O)(=O)C[C@H](C)c1ccccc1. The summed E-state index contributed by atoms with van der Waals surface area (Å²) in [5.74, 6) is 0.0147. The largest absolute Gasteiger partial charge is 0.251 e. The van der Waals surface area contributed by atoms with Crippen LogP contribution in [0.4, 0.5) is 0 Å². The summed E-state index contributed by atoms with van der Waals surface area (Å²) in [6.07, 6.45) is 3.00. The molecule has 0 saturated carbocycles. The molecule has 21 heavy (non-hydrogen) atoms. The molecule has 2 atom stereocenters. The highest BCUT2D eigenvalue weighted by Gasteiger charge is 2.19. The van der Waals surface area contributed by atoms with E-state index in [4.69, 9.17) is 0 Å². The van der Waals surface area contributed by atoms with Gasteiger partial charge in [0.25, 0.3) is 0 Å². The van der Waals surface area contributed by atoms with E-state index in [1.807, 2.05) is 44.2 Å². The van der Waals surface area contributed by atoms with Crippen molar-refractivity contribution < 1.29 is 8.42 Å². The van der Waals surface area contributed by atoms with Crippen molar-refractivity contribution >= 4 is 10.0 Å². The molecule has 0 unspecified atom stereocenters. The van der Waals surface area contributed by atoms with Gasteiger partial charge in [-0.05, 0) is 18.4 Å². The lowest BCUT2D eigenvalue weighted by molar-refractivity contribution is 0.491. The van der Waals surface area contributed by atoms with Gasteiger partial charge in [0.1, 0.15) is 12.7 Å². The molecule has 1 N–H and O–H groups in total. The summed E-state index contributed by atoms with van der Waals surface area (Å²) >= 11 is 0. The highest BCUT2D eigenvalue weighted by atomic mass is 32.2. The van der Waals surface area contributed by atoms with E-state index in [2.05, 4.69) is 14.8 Å². The highest BCUT2D eigenvalue weighted by molar-refractivity contribution is 7.89. The van der Waals surface area contributed by atoms with Gasteiger partial charge in [-0.1, -0.05) is 37.3 Å². The summed E-state index contributed by atoms with van der Waals surface area (Å²) in [6.45, 7) is 4.18. The predicted octanol–water partition coefficient (Wildman–Crippen LogP) is 1.39. The minimum atomic E-state index is -3.34. The molecule has 0 bridgehead atoms. The second-order valence-electron chi connectivity index (χ2n) is 5.23. The van der Waals surface area contributed by atoms with Crippen LogP contribution in [0.25, 0.3) is 0 Å². The summed E-state index contributed by atoms with van der Waals surface area (Å²) in [5.41, 5.74) is 1.02. The number of aromatic nitrogens is 3. The van der Waals surface area contributed by atoms with E-state index in [9.17, 15) is 8.42 Å². The fourth-order valence-electron chi connectivity index (χ4n) is 2.21. The minimum absolute atomic E-state index is 0.0535. The first-order chi connectivity index (χ1) is 9.96. The third-order valence-corrected chi connectivity index (χ3v) is 4.85. The Bertz CT molecular complexity index is 641. The van der Waals surface area contributed by atoms with Gasteiger partial charge in [-0.25, -0.2) is 18.1 Å². The molecule has 114 valence electrons. The zero-order valence-corrected chi connectivity index (χ0v) is 13.0. The first kappa shape index (κ1) is 15.7. The Labute approximate surface area is 125 Å². The number of rotatable bonds is 7. The summed E-state index contributed by atoms with van der Waals surface area (Å²) in [5, 5.41) is 3.97. The second-order valence-corrected chi connectivity index (χ2v) is 7.03. The Morgan fingerprint density at radius 2 is 1.95 bits per heavy atom. The Morgan fingerprint density at radius 1 is 1.24 bits per heavy atom. The average Bonchev–Trinajstić information content (AvgIpc) is 2.91. The van der Waals surface area contributed by atoms with Crippen molar-refractivity contribution in [2.45, 2.75) is 32.4 Å². The van der Waals surface area contributed by atoms with Crippen molar-refractivity contribution in [3.63, 3.8) is 0 Å². The first-order valence-corrected chi connectivity index (χ1v) is 8.49. The van der Waals surface area contributed by atoms with Crippen LogP contribution in [-0.2, 0) is 16.6 Å². The van der Waals surface area contributed by atoms with Crippen LogP contribution in [0.3, 0.4) is 0 Å². The molecule has 0 aliphatic rings. The van der Waals surface area contributed by atoms with Crippen molar-refractivity contribution in [2.75, 3.05) is 5.75 Å². The van der Waals surface area contributed by atoms with E-state index >= 15 is 0 Å². The van der Waals surface area contributed by atoms with Crippen LogP contribution in [0, 0.1) is 0 Å². The van der Waals surface area contributed by atoms with Crippen LogP contribution in [0.2, 0.25) is 0 Å². The summed E-state index contributed by atoms with van der Waals surface area (Å²) in [4.78, 5) is 3.83. The molecule has 2 rings (SSSR count). The van der Waals surface area contributed by atoms with Crippen molar-refractivity contribution in [3.05, 3.63) is 48.5 Å². The molecule has 1 aromatic heterocycles. The fraction of sp³-hybridized carbons (Fsp3) is 0.429. The monoisotopic (exact) mass is 308 g/mol. The summed E-state index contributed by atoms with van der Waals surface area (Å²) in [7, 11) is -3.34. The zero-order valence-electron chi connectivity index (χ0n) is 12.2. The van der Waals surface area contributed by atoms with Gasteiger partial charge in [-0.3, -0.25) is 4.68 Å². The Morgan fingerprint density at radius 3 is 2.57 bits per heavy atom. The van der Waals surface area contributed by atoms with Crippen LogP contribution in [0.1, 0.15) is 25.3 Å². The average molecular weight is 308 g/mol. The molecule has 1 heterocycles. The van der Waals surface area contributed by atoms with Crippen LogP contribution in [0.5, 0.6) is 0 Å². The highest BCUT2D eigenvalue weighted by Crippen LogP contribution is 2.16. The van der Waals surface area contributed by atoms with E-state index in [0.29, 0.717) is 6.54 Å². The topological polar surface area (TPSA) is 76.9 Å². The molecular formula is C14H20N4O2S. The normalized spacial score (nSPS) is 14.8. The fourth-order valence-corrected chi connectivity index (χ4v) is 3.84. The maximum Gasteiger partial charge on any atom is 0.212 e. The van der Waals surface area contributed by atoms with E-state index in [-0.39, 0.29) is 17.7 Å². The second kappa shape index (κ2) is 6.82. The molecule has 1 aromatic carbocycles. The first-order valence-electron chi connectivity index (χ1n) is 6.83. The third-order valence-electron chi connectivity index (χ3n) is 3.15. The lowest BCUT2D eigenvalue weighted by Gasteiger charge is -2.17. The van der Waals surface area contributed by atoms with Gasteiger partial charge < -0.3 is 0 Å². The van der Waals surface area contributed by atoms with Crippen LogP contribution >= 0.6 is 0 Å². The van der Waals surface area contributed by atoms with Gasteiger partial charge in [-0.15, -0.1) is 0 Å². The standard InChI is InChI=1S/C14H20N4O2S/c1-12(14-6-4-3-5-7-14)9-21(19,20)17-13(2)8-18-11-15-10-16-18/h3-7,10-13,17H,8-9H2,1-2H3/t12-,13+/m0/s1. The maximum absolute atomic E-state index is 12.2. The number of sulfonamides is 1. The Hall–Kier alpha value is -1.73. The molecule has 0 saturated heterocycles. The van der Waals surface area contributed by atoms with E-state index in [0.717, 1.165) is 5.56 Å². The molecule has 0 spiro atoms. The van der Waals surface area contributed by atoms with Gasteiger partial charge >= 0.3 is 0 Å². The third kappa shape index (κ3) is 4.95. The number of hydrogen-bond acceptors (Lipinski definition) is 4. The van der Waals surface area contributed by atoms with E-state index in [1.54, 1.807) is 11.0 Å². The van der Waals surface area contributed by atoms with Gasteiger partial charge in [0.15, 0.2) is 0 Å². The predicted molar refractivity (Wildman–Crippen MR) is 81.3 cm³/mol. The number of hydrogen-bond donors (Lipinski definition) is 1. The molecule has 0 amide bonds. The molecule has 0 radical (unpaired) electrons. The molecule has 0 aliphatic heterocycles. The van der Waals surface area contributed by atoms with Crippen molar-refractivity contribution in [3.8, 4) is 0 Å². The summed E-state index contributed by atoms with van der Waals surface area (Å²) in [6, 6.07) is 9.40. The Kier molecular flexibility index (Phi) is 5.08. The summed E-state index contributed by atoms with van der Waals surface area (Å²) < 4.78 is 28.7. The molecule has 0 aliphatic carbocycles.